The predicted octanol–water partition coefficient (Wildman–Crippen LogP) is 2.02. The molecule has 1 aromatic carbocycles. The Morgan fingerprint density at radius 1 is 1.41 bits per heavy atom. The summed E-state index contributed by atoms with van der Waals surface area (Å²) in [5.74, 6) is -0.101. The number of hydrogen-bond donors (Lipinski definition) is 3. The van der Waals surface area contributed by atoms with E-state index < -0.39 is 5.60 Å². The second-order valence-electron chi connectivity index (χ2n) is 5.79. The Kier molecular flexibility index (Phi) is 4.38. The van der Waals surface area contributed by atoms with E-state index in [1.165, 1.54) is 0 Å². The third-order valence-corrected chi connectivity index (χ3v) is 4.35. The van der Waals surface area contributed by atoms with Gasteiger partial charge in [0, 0.05) is 54.7 Å². The quantitative estimate of drug-likeness (QED) is 0.806. The van der Waals surface area contributed by atoms with E-state index in [0.717, 1.165) is 16.5 Å². The van der Waals surface area contributed by atoms with E-state index in [1.807, 2.05) is 24.4 Å². The van der Waals surface area contributed by atoms with Gasteiger partial charge < -0.3 is 20.1 Å². The maximum Gasteiger partial charge on any atom is 0.224 e. The highest BCUT2D eigenvalue weighted by Crippen LogP contribution is 2.23. The molecule has 1 aliphatic heterocycles. The zero-order chi connectivity index (χ0) is 15.6. The van der Waals surface area contributed by atoms with Crippen LogP contribution >= 0.6 is 11.6 Å². The van der Waals surface area contributed by atoms with Crippen LogP contribution in [0, 0.1) is 0 Å². The molecule has 1 fully saturated rings. The molecule has 22 heavy (non-hydrogen) atoms. The van der Waals surface area contributed by atoms with Gasteiger partial charge in [-0.25, -0.2) is 0 Å². The second-order valence-corrected chi connectivity index (χ2v) is 6.23. The zero-order valence-electron chi connectivity index (χ0n) is 12.2. The molecule has 2 heterocycles. The summed E-state index contributed by atoms with van der Waals surface area (Å²) in [6, 6.07) is 5.55. The molecule has 0 spiro atoms. The van der Waals surface area contributed by atoms with Crippen molar-refractivity contribution in [3.63, 3.8) is 0 Å². The van der Waals surface area contributed by atoms with Crippen LogP contribution in [0.25, 0.3) is 10.9 Å². The molecule has 0 radical (unpaired) electrons. The Morgan fingerprint density at radius 2 is 2.18 bits per heavy atom. The van der Waals surface area contributed by atoms with Gasteiger partial charge in [-0.15, -0.1) is 0 Å². The molecule has 0 saturated carbocycles. The molecule has 0 unspecified atom stereocenters. The van der Waals surface area contributed by atoms with Gasteiger partial charge >= 0.3 is 0 Å². The standard InChI is InChI=1S/C16H19ClN2O3/c17-12-1-2-13-11(9-18-14(13)8-12)7-15(20)19-10-16(21)3-5-22-6-4-16/h1-2,8-9,18,21H,3-7,10H2,(H,19,20). The molecule has 0 atom stereocenters. The monoisotopic (exact) mass is 322 g/mol. The smallest absolute Gasteiger partial charge is 0.224 e. The second kappa shape index (κ2) is 6.28. The lowest BCUT2D eigenvalue weighted by Gasteiger charge is -2.32. The van der Waals surface area contributed by atoms with Crippen LogP contribution in [0.2, 0.25) is 5.02 Å². The van der Waals surface area contributed by atoms with E-state index in [9.17, 15) is 9.90 Å². The highest BCUT2D eigenvalue weighted by molar-refractivity contribution is 6.31. The summed E-state index contributed by atoms with van der Waals surface area (Å²) < 4.78 is 5.23. The summed E-state index contributed by atoms with van der Waals surface area (Å²) >= 11 is 5.95. The Morgan fingerprint density at radius 3 is 2.95 bits per heavy atom. The van der Waals surface area contributed by atoms with Crippen LogP contribution in [0.5, 0.6) is 0 Å². The molecule has 0 aliphatic carbocycles. The van der Waals surface area contributed by atoms with Gasteiger partial charge in [-0.3, -0.25) is 4.79 Å². The van der Waals surface area contributed by atoms with Crippen LogP contribution in [0.4, 0.5) is 0 Å². The van der Waals surface area contributed by atoms with Crippen LogP contribution in [-0.2, 0) is 16.0 Å². The Hall–Kier alpha value is -1.56. The van der Waals surface area contributed by atoms with Gasteiger partial charge in [-0.1, -0.05) is 17.7 Å². The molecule has 3 N–H and O–H groups in total. The number of ether oxygens (including phenoxy) is 1. The molecule has 2 aromatic rings. The summed E-state index contributed by atoms with van der Waals surface area (Å²) in [6.45, 7) is 1.34. The fraction of sp³-hybridized carbons (Fsp3) is 0.438. The molecule has 1 saturated heterocycles. The topological polar surface area (TPSA) is 74.4 Å². The van der Waals surface area contributed by atoms with Gasteiger partial charge in [0.2, 0.25) is 5.91 Å². The highest BCUT2D eigenvalue weighted by atomic mass is 35.5. The molecule has 5 nitrogen and oxygen atoms in total. The lowest BCUT2D eigenvalue weighted by molar-refractivity contribution is -0.123. The summed E-state index contributed by atoms with van der Waals surface area (Å²) in [6.07, 6.45) is 3.20. The van der Waals surface area contributed by atoms with Crippen molar-refractivity contribution in [2.45, 2.75) is 24.9 Å². The molecular weight excluding hydrogens is 304 g/mol. The minimum Gasteiger partial charge on any atom is -0.388 e. The number of H-pyrrole nitrogens is 1. The lowest BCUT2D eigenvalue weighted by atomic mass is 9.94. The molecule has 1 aliphatic rings. The fourth-order valence-corrected chi connectivity index (χ4v) is 2.90. The van der Waals surface area contributed by atoms with Crippen molar-refractivity contribution < 1.29 is 14.6 Å². The number of nitrogens with one attached hydrogen (secondary N) is 2. The number of aliphatic hydroxyl groups is 1. The Bertz CT molecular complexity index is 677. The summed E-state index contributed by atoms with van der Waals surface area (Å²) in [7, 11) is 0. The number of amides is 1. The minimum absolute atomic E-state index is 0.101. The van der Waals surface area contributed by atoms with E-state index in [0.29, 0.717) is 31.1 Å². The van der Waals surface area contributed by atoms with Crippen molar-refractivity contribution in [3.8, 4) is 0 Å². The number of hydrogen-bond acceptors (Lipinski definition) is 3. The average Bonchev–Trinajstić information content (AvgIpc) is 2.88. The number of aromatic nitrogens is 1. The van der Waals surface area contributed by atoms with Crippen molar-refractivity contribution in [2.75, 3.05) is 19.8 Å². The van der Waals surface area contributed by atoms with E-state index in [4.69, 9.17) is 16.3 Å². The van der Waals surface area contributed by atoms with E-state index >= 15 is 0 Å². The van der Waals surface area contributed by atoms with E-state index in [1.54, 1.807) is 0 Å². The number of benzene rings is 1. The first-order valence-electron chi connectivity index (χ1n) is 7.38. The zero-order valence-corrected chi connectivity index (χ0v) is 12.9. The molecule has 118 valence electrons. The third kappa shape index (κ3) is 3.43. The molecule has 3 rings (SSSR count). The SMILES string of the molecule is O=C(Cc1c[nH]c2cc(Cl)ccc12)NCC1(O)CCOCC1. The first kappa shape index (κ1) is 15.3. The highest BCUT2D eigenvalue weighted by Gasteiger charge is 2.30. The number of carbonyl (C=O) groups is 1. The Labute approximate surface area is 133 Å². The molecular formula is C16H19ClN2O3. The maximum atomic E-state index is 12.1. The minimum atomic E-state index is -0.846. The molecule has 1 aromatic heterocycles. The van der Waals surface area contributed by atoms with Gasteiger partial charge in [-0.2, -0.15) is 0 Å². The van der Waals surface area contributed by atoms with Crippen LogP contribution in [0.3, 0.4) is 0 Å². The fourth-order valence-electron chi connectivity index (χ4n) is 2.73. The van der Waals surface area contributed by atoms with Gasteiger partial charge in [0.25, 0.3) is 0 Å². The van der Waals surface area contributed by atoms with Crippen molar-refractivity contribution in [1.29, 1.82) is 0 Å². The number of fused-ring (bicyclic) bond motifs is 1. The number of carbonyl (C=O) groups excluding carboxylic acids is 1. The van der Waals surface area contributed by atoms with Crippen molar-refractivity contribution in [1.82, 2.24) is 10.3 Å². The number of rotatable bonds is 4. The van der Waals surface area contributed by atoms with Crippen molar-refractivity contribution in [2.24, 2.45) is 0 Å². The molecule has 6 heteroatoms. The molecule has 0 bridgehead atoms. The van der Waals surface area contributed by atoms with Gasteiger partial charge in [-0.05, 0) is 17.7 Å². The largest absolute Gasteiger partial charge is 0.388 e. The van der Waals surface area contributed by atoms with Gasteiger partial charge in [0.15, 0.2) is 0 Å². The maximum absolute atomic E-state index is 12.1. The number of halogens is 1. The molecule has 1 amide bonds. The summed E-state index contributed by atoms with van der Waals surface area (Å²) in [4.78, 5) is 15.2. The van der Waals surface area contributed by atoms with Gasteiger partial charge in [0.05, 0.1) is 12.0 Å². The first-order chi connectivity index (χ1) is 10.6. The van der Waals surface area contributed by atoms with Crippen LogP contribution < -0.4 is 5.32 Å². The van der Waals surface area contributed by atoms with Crippen LogP contribution in [0.15, 0.2) is 24.4 Å². The normalized spacial score (nSPS) is 17.5. The summed E-state index contributed by atoms with van der Waals surface area (Å²) in [5.41, 5.74) is 0.989. The van der Waals surface area contributed by atoms with E-state index in [-0.39, 0.29) is 18.9 Å². The van der Waals surface area contributed by atoms with Crippen LogP contribution in [0.1, 0.15) is 18.4 Å². The first-order valence-corrected chi connectivity index (χ1v) is 7.76. The Balaban J connectivity index is 1.61. The van der Waals surface area contributed by atoms with Crippen LogP contribution in [-0.4, -0.2) is 41.4 Å². The average molecular weight is 323 g/mol. The van der Waals surface area contributed by atoms with Gasteiger partial charge in [0.1, 0.15) is 0 Å². The van der Waals surface area contributed by atoms with E-state index in [2.05, 4.69) is 10.3 Å². The van der Waals surface area contributed by atoms with Crippen molar-refractivity contribution >= 4 is 28.4 Å². The third-order valence-electron chi connectivity index (χ3n) is 4.12. The lowest BCUT2D eigenvalue weighted by Crippen LogP contribution is -2.46. The number of aromatic amines is 1. The van der Waals surface area contributed by atoms with Crippen molar-refractivity contribution in [3.05, 3.63) is 35.0 Å². The predicted molar refractivity (Wildman–Crippen MR) is 85.0 cm³/mol. The summed E-state index contributed by atoms with van der Waals surface area (Å²) in [5, 5.41) is 14.8.